The normalized spacial score (nSPS) is 11.8. The van der Waals surface area contributed by atoms with Crippen LogP contribution in [0.3, 0.4) is 0 Å². The number of nitrogens with one attached hydrogen (secondary N) is 4. The summed E-state index contributed by atoms with van der Waals surface area (Å²) in [4.78, 5) is 74.6. The number of carbonyl (C=O) groups excluding carboxylic acids is 5. The largest absolute Gasteiger partial charge is 0.423 e. The van der Waals surface area contributed by atoms with Crippen LogP contribution < -0.4 is 26.0 Å². The number of unbranched alkanes of at least 4 members (excludes halogenated alkanes) is 2. The van der Waals surface area contributed by atoms with Crippen LogP contribution in [0.4, 0.5) is 23.3 Å². The van der Waals surface area contributed by atoms with Crippen LogP contribution in [0.1, 0.15) is 110 Å². The maximum atomic E-state index is 13.6. The van der Waals surface area contributed by atoms with E-state index in [4.69, 9.17) is 4.74 Å². The van der Waals surface area contributed by atoms with Crippen molar-refractivity contribution in [2.24, 2.45) is 11.8 Å². The molecule has 0 aliphatic carbocycles. The van der Waals surface area contributed by atoms with Gasteiger partial charge < -0.3 is 26.0 Å². The molecule has 12 heteroatoms. The van der Waals surface area contributed by atoms with Crippen LogP contribution in [-0.4, -0.2) is 39.6 Å². The van der Waals surface area contributed by atoms with E-state index in [-0.39, 0.29) is 69.4 Å². The second-order valence-electron chi connectivity index (χ2n) is 12.7. The number of hydrogen-bond acceptors (Lipinski definition) is 8. The first kappa shape index (κ1) is 39.9. The minimum atomic E-state index is -0.682. The lowest BCUT2D eigenvalue weighted by atomic mass is 9.98. The molecule has 2 atom stereocenters. The number of ether oxygens (including phenoxy) is 1. The summed E-state index contributed by atoms with van der Waals surface area (Å²) < 4.78 is 5.60. The molecule has 4 amide bonds. The van der Waals surface area contributed by atoms with Gasteiger partial charge in [-0.2, -0.15) is 0 Å². The molecule has 2 unspecified atom stereocenters. The van der Waals surface area contributed by atoms with E-state index >= 15 is 0 Å². The highest BCUT2D eigenvalue weighted by Crippen LogP contribution is 2.23. The number of nitrogens with zero attached hydrogens (tertiary/aromatic N) is 2. The predicted molar refractivity (Wildman–Crippen MR) is 206 cm³/mol. The second kappa shape index (κ2) is 20.2. The van der Waals surface area contributed by atoms with Gasteiger partial charge in [-0.15, -0.1) is 0 Å². The summed E-state index contributed by atoms with van der Waals surface area (Å²) in [5.74, 6) is -1.70. The fraction of sp³-hybridized carbons (Fsp3) is 0.341. The summed E-state index contributed by atoms with van der Waals surface area (Å²) >= 11 is 0. The molecule has 278 valence electrons. The molecule has 0 saturated carbocycles. The minimum absolute atomic E-state index is 0.00187. The van der Waals surface area contributed by atoms with Gasteiger partial charge in [0.05, 0.1) is 5.56 Å². The van der Waals surface area contributed by atoms with Crippen LogP contribution in [0.5, 0.6) is 5.75 Å². The Bertz CT molecular complexity index is 1780. The van der Waals surface area contributed by atoms with Gasteiger partial charge in [0.25, 0.3) is 11.8 Å². The van der Waals surface area contributed by atoms with Gasteiger partial charge in [0.2, 0.25) is 11.8 Å². The number of esters is 1. The van der Waals surface area contributed by atoms with Crippen LogP contribution in [-0.2, 0) is 9.59 Å². The Morgan fingerprint density at radius 3 is 1.40 bits per heavy atom. The maximum Gasteiger partial charge on any atom is 0.343 e. The molecule has 4 rings (SSSR count). The molecule has 0 saturated heterocycles. The number of amides is 4. The molecule has 53 heavy (non-hydrogen) atoms. The van der Waals surface area contributed by atoms with Crippen molar-refractivity contribution in [3.8, 4) is 5.75 Å². The number of pyridine rings is 2. The first-order valence-electron chi connectivity index (χ1n) is 18.2. The molecule has 0 radical (unpaired) electrons. The molecule has 4 aromatic rings. The highest BCUT2D eigenvalue weighted by atomic mass is 16.5. The first-order valence-corrected chi connectivity index (χ1v) is 18.2. The lowest BCUT2D eigenvalue weighted by molar-refractivity contribution is -0.121. The summed E-state index contributed by atoms with van der Waals surface area (Å²) in [6.07, 6.45) is 6.79. The lowest BCUT2D eigenvalue weighted by Gasteiger charge is -2.15. The Morgan fingerprint density at radius 1 is 0.547 bits per heavy atom. The molecular weight excluding hydrogens is 672 g/mol. The minimum Gasteiger partial charge on any atom is -0.423 e. The van der Waals surface area contributed by atoms with Gasteiger partial charge >= 0.3 is 5.97 Å². The predicted octanol–water partition coefficient (Wildman–Crippen LogP) is 8.51. The van der Waals surface area contributed by atoms with Crippen LogP contribution >= 0.6 is 0 Å². The average molecular weight is 721 g/mol. The Hall–Kier alpha value is -5.91. The third-order valence-electron chi connectivity index (χ3n) is 8.67. The molecule has 12 nitrogen and oxygen atoms in total. The molecule has 0 aliphatic rings. The van der Waals surface area contributed by atoms with E-state index in [0.29, 0.717) is 12.8 Å². The number of hydrogen-bond donors (Lipinski definition) is 4. The van der Waals surface area contributed by atoms with E-state index < -0.39 is 17.8 Å². The topological polar surface area (TPSA) is 168 Å². The van der Waals surface area contributed by atoms with Crippen molar-refractivity contribution in [2.75, 3.05) is 21.3 Å². The van der Waals surface area contributed by atoms with Crippen LogP contribution in [0.15, 0.2) is 84.9 Å². The van der Waals surface area contributed by atoms with Crippen molar-refractivity contribution in [3.05, 3.63) is 102 Å². The Balaban J connectivity index is 1.55. The van der Waals surface area contributed by atoms with E-state index in [0.717, 1.165) is 38.5 Å². The highest BCUT2D eigenvalue weighted by molar-refractivity contribution is 6.09. The quantitative estimate of drug-likeness (QED) is 0.0586. The Kier molecular flexibility index (Phi) is 15.2. The first-order chi connectivity index (χ1) is 25.6. The van der Waals surface area contributed by atoms with E-state index in [9.17, 15) is 24.0 Å². The Morgan fingerprint density at radius 2 is 0.981 bits per heavy atom. The summed E-state index contributed by atoms with van der Waals surface area (Å²) in [6, 6.07) is 22.0. The van der Waals surface area contributed by atoms with Gasteiger partial charge in [0.15, 0.2) is 0 Å². The van der Waals surface area contributed by atoms with E-state index in [1.807, 2.05) is 13.8 Å². The van der Waals surface area contributed by atoms with Crippen molar-refractivity contribution in [1.82, 2.24) is 9.97 Å². The molecule has 2 heterocycles. The lowest BCUT2D eigenvalue weighted by Crippen LogP contribution is -2.23. The van der Waals surface area contributed by atoms with Crippen molar-refractivity contribution in [1.29, 1.82) is 0 Å². The number of carbonyl (C=O) groups is 5. The number of benzene rings is 2. The molecule has 2 aromatic carbocycles. The van der Waals surface area contributed by atoms with Crippen molar-refractivity contribution in [2.45, 2.75) is 79.1 Å². The molecule has 2 aromatic heterocycles. The molecule has 0 bridgehead atoms. The zero-order chi connectivity index (χ0) is 38.2. The molecule has 4 N–H and O–H groups in total. The van der Waals surface area contributed by atoms with Crippen molar-refractivity contribution < 1.29 is 28.7 Å². The number of aromatic nitrogens is 2. The number of anilines is 4. The van der Waals surface area contributed by atoms with Crippen LogP contribution in [0.2, 0.25) is 0 Å². The standard InChI is InChI=1S/C41H48N6O6/c1-5-9-16-27(7-3)37(48)44-33-20-14-22-35(42-33)46-39(50)30-24-31(26-32(25-30)53-41(52)29-18-12-11-13-19-29)40(51)47-36-23-15-21-34(43-36)45-38(49)28(8-4)17-10-6-2/h11-15,18-28H,5-10,16-17H2,1-4H3,(H2,42,44,46,48,50)(H2,43,45,47,49,51). The van der Waals surface area contributed by atoms with E-state index in [1.165, 1.54) is 18.2 Å². The molecule has 0 fully saturated rings. The summed E-state index contributed by atoms with van der Waals surface area (Å²) in [5.41, 5.74) is 0.281. The Labute approximate surface area is 310 Å². The maximum absolute atomic E-state index is 13.6. The zero-order valence-electron chi connectivity index (χ0n) is 30.7. The summed E-state index contributed by atoms with van der Waals surface area (Å²) in [6.45, 7) is 8.09. The zero-order valence-corrected chi connectivity index (χ0v) is 30.7. The monoisotopic (exact) mass is 720 g/mol. The fourth-order valence-electron chi connectivity index (χ4n) is 5.58. The van der Waals surface area contributed by atoms with Gasteiger partial charge in [-0.3, -0.25) is 19.2 Å². The van der Waals surface area contributed by atoms with E-state index in [2.05, 4.69) is 45.1 Å². The van der Waals surface area contributed by atoms with Gasteiger partial charge in [-0.1, -0.05) is 83.7 Å². The van der Waals surface area contributed by atoms with Crippen LogP contribution in [0, 0.1) is 11.8 Å². The summed E-state index contributed by atoms with van der Waals surface area (Å²) in [5, 5.41) is 11.1. The average Bonchev–Trinajstić information content (AvgIpc) is 3.16. The fourth-order valence-corrected chi connectivity index (χ4v) is 5.58. The van der Waals surface area contributed by atoms with Gasteiger partial charge in [0.1, 0.15) is 29.0 Å². The molecular formula is C41H48N6O6. The smallest absolute Gasteiger partial charge is 0.343 e. The molecule has 0 spiro atoms. The third-order valence-corrected chi connectivity index (χ3v) is 8.67. The van der Waals surface area contributed by atoms with E-state index in [1.54, 1.807) is 66.7 Å². The summed E-state index contributed by atoms with van der Waals surface area (Å²) in [7, 11) is 0. The molecule has 0 aliphatic heterocycles. The second-order valence-corrected chi connectivity index (χ2v) is 12.7. The van der Waals surface area contributed by atoms with Crippen LogP contribution in [0.25, 0.3) is 0 Å². The number of rotatable bonds is 18. The SMILES string of the molecule is CCCCC(CC)C(=O)Nc1cccc(NC(=O)c2cc(OC(=O)c3ccccc3)cc(C(=O)Nc3cccc(NC(=O)C(CC)CCCC)n3)c2)n1. The van der Waals surface area contributed by atoms with Crippen molar-refractivity contribution in [3.63, 3.8) is 0 Å². The van der Waals surface area contributed by atoms with Crippen molar-refractivity contribution >= 4 is 52.9 Å². The van der Waals surface area contributed by atoms with Gasteiger partial charge in [-0.05, 0) is 80.3 Å². The third kappa shape index (κ3) is 12.1. The van der Waals surface area contributed by atoms with Gasteiger partial charge in [-0.25, -0.2) is 14.8 Å². The highest BCUT2D eigenvalue weighted by Gasteiger charge is 2.20. The van der Waals surface area contributed by atoms with Gasteiger partial charge in [0, 0.05) is 23.0 Å².